The molecule has 0 aliphatic heterocycles. The predicted octanol–water partition coefficient (Wildman–Crippen LogP) is 1.69. The molecule has 104 valence electrons. The van der Waals surface area contributed by atoms with E-state index in [-0.39, 0.29) is 5.96 Å². The van der Waals surface area contributed by atoms with E-state index in [4.69, 9.17) is 15.9 Å². The predicted molar refractivity (Wildman–Crippen MR) is 75.8 cm³/mol. The van der Waals surface area contributed by atoms with Crippen molar-refractivity contribution >= 4 is 17.7 Å². The molecular formula is C13H20N4O2. The summed E-state index contributed by atoms with van der Waals surface area (Å²) < 4.78 is 5.18. The van der Waals surface area contributed by atoms with Crippen LogP contribution in [-0.4, -0.2) is 25.6 Å². The maximum Gasteiger partial charge on any atom is 0.328 e. The van der Waals surface area contributed by atoms with E-state index in [0.717, 1.165) is 23.4 Å². The first kappa shape index (κ1) is 14.8. The minimum Gasteiger partial charge on any atom is -0.497 e. The summed E-state index contributed by atoms with van der Waals surface area (Å²) in [5, 5.41) is 9.41. The second-order valence-electron chi connectivity index (χ2n) is 3.94. The number of nitrogens with two attached hydrogens (primary N) is 1. The highest BCUT2D eigenvalue weighted by atomic mass is 16.5. The summed E-state index contributed by atoms with van der Waals surface area (Å²) in [6, 6.07) is 5.13. The summed E-state index contributed by atoms with van der Waals surface area (Å²) in [7, 11) is 1.61. The lowest BCUT2D eigenvalue weighted by Gasteiger charge is -2.24. The molecule has 0 radical (unpaired) electrons. The monoisotopic (exact) mass is 264 g/mol. The van der Waals surface area contributed by atoms with E-state index >= 15 is 0 Å². The Hall–Kier alpha value is -2.24. The van der Waals surface area contributed by atoms with Crippen LogP contribution in [0.15, 0.2) is 18.2 Å². The smallest absolute Gasteiger partial charge is 0.328 e. The molecule has 0 aliphatic rings. The maximum absolute atomic E-state index is 12.0. The van der Waals surface area contributed by atoms with Crippen molar-refractivity contribution in [1.82, 2.24) is 5.32 Å². The third-order valence-corrected chi connectivity index (χ3v) is 2.76. The SMILES string of the molecule is CCc1cc(OC)ccc1N(CC)C(=O)NC(=N)N. The number of guanidine groups is 1. The van der Waals surface area contributed by atoms with Gasteiger partial charge in [-0.3, -0.25) is 15.6 Å². The van der Waals surface area contributed by atoms with Crippen molar-refractivity contribution in [2.45, 2.75) is 20.3 Å². The fourth-order valence-electron chi connectivity index (χ4n) is 1.84. The molecule has 0 bridgehead atoms. The number of nitrogens with zero attached hydrogens (tertiary/aromatic N) is 1. The van der Waals surface area contributed by atoms with Crippen LogP contribution in [0.4, 0.5) is 10.5 Å². The lowest BCUT2D eigenvalue weighted by molar-refractivity contribution is 0.250. The molecule has 0 atom stereocenters. The van der Waals surface area contributed by atoms with Crippen molar-refractivity contribution in [3.63, 3.8) is 0 Å². The van der Waals surface area contributed by atoms with Gasteiger partial charge in [-0.05, 0) is 37.1 Å². The number of benzene rings is 1. The van der Waals surface area contributed by atoms with Gasteiger partial charge in [0.05, 0.1) is 7.11 Å². The van der Waals surface area contributed by atoms with Gasteiger partial charge in [-0.15, -0.1) is 0 Å². The topological polar surface area (TPSA) is 91.4 Å². The van der Waals surface area contributed by atoms with Crippen LogP contribution in [-0.2, 0) is 6.42 Å². The number of hydrogen-bond acceptors (Lipinski definition) is 3. The third-order valence-electron chi connectivity index (χ3n) is 2.76. The van der Waals surface area contributed by atoms with Gasteiger partial charge in [-0.2, -0.15) is 0 Å². The highest BCUT2D eigenvalue weighted by Gasteiger charge is 2.17. The standard InChI is InChI=1S/C13H20N4O2/c1-4-9-8-10(19-3)6-7-11(9)17(5-2)13(18)16-12(14)15/h6-8H,4-5H2,1-3H3,(H4,14,15,16,18). The first-order valence-electron chi connectivity index (χ1n) is 6.12. The number of ether oxygens (including phenoxy) is 1. The van der Waals surface area contributed by atoms with Crippen molar-refractivity contribution in [1.29, 1.82) is 5.41 Å². The van der Waals surface area contributed by atoms with Crippen LogP contribution >= 0.6 is 0 Å². The number of amides is 2. The number of carbonyl (C=O) groups excluding carboxylic acids is 1. The fraction of sp³-hybridized carbons (Fsp3) is 0.385. The van der Waals surface area contributed by atoms with Crippen molar-refractivity contribution in [2.24, 2.45) is 5.73 Å². The molecule has 0 saturated carbocycles. The van der Waals surface area contributed by atoms with Gasteiger partial charge in [0.1, 0.15) is 5.75 Å². The molecule has 1 rings (SSSR count). The van der Waals surface area contributed by atoms with Crippen LogP contribution in [0.5, 0.6) is 5.75 Å². The Kier molecular flexibility index (Phi) is 5.17. The molecule has 0 unspecified atom stereocenters. The summed E-state index contributed by atoms with van der Waals surface area (Å²) in [4.78, 5) is 13.5. The zero-order chi connectivity index (χ0) is 14.4. The van der Waals surface area contributed by atoms with E-state index in [1.807, 2.05) is 26.0 Å². The Bertz CT molecular complexity index is 474. The largest absolute Gasteiger partial charge is 0.497 e. The number of carbonyl (C=O) groups is 1. The van der Waals surface area contributed by atoms with Gasteiger partial charge < -0.3 is 10.5 Å². The molecule has 0 fully saturated rings. The second kappa shape index (κ2) is 6.63. The summed E-state index contributed by atoms with van der Waals surface area (Å²) in [5.41, 5.74) is 6.98. The number of urea groups is 1. The molecule has 6 heteroatoms. The molecule has 0 aromatic heterocycles. The third kappa shape index (κ3) is 3.61. The van der Waals surface area contributed by atoms with Crippen molar-refractivity contribution in [3.05, 3.63) is 23.8 Å². The lowest BCUT2D eigenvalue weighted by atomic mass is 10.1. The molecule has 19 heavy (non-hydrogen) atoms. The van der Waals surface area contributed by atoms with Gasteiger partial charge in [0.25, 0.3) is 0 Å². The van der Waals surface area contributed by atoms with Gasteiger partial charge in [-0.1, -0.05) is 6.92 Å². The lowest BCUT2D eigenvalue weighted by Crippen LogP contribution is -2.45. The van der Waals surface area contributed by atoms with E-state index in [1.54, 1.807) is 18.1 Å². The zero-order valence-corrected chi connectivity index (χ0v) is 11.5. The van der Waals surface area contributed by atoms with Crippen LogP contribution in [0.3, 0.4) is 0 Å². The minimum atomic E-state index is -0.408. The number of anilines is 1. The molecular weight excluding hydrogens is 244 g/mol. The van der Waals surface area contributed by atoms with E-state index in [2.05, 4.69) is 5.32 Å². The molecule has 6 nitrogen and oxygen atoms in total. The second-order valence-corrected chi connectivity index (χ2v) is 3.94. The van der Waals surface area contributed by atoms with Crippen LogP contribution in [0.2, 0.25) is 0 Å². The Balaban J connectivity index is 3.10. The average molecular weight is 264 g/mol. The van der Waals surface area contributed by atoms with Gasteiger partial charge in [-0.25, -0.2) is 4.79 Å². The van der Waals surface area contributed by atoms with Crippen molar-refractivity contribution in [3.8, 4) is 5.75 Å². The van der Waals surface area contributed by atoms with Gasteiger partial charge in [0.15, 0.2) is 5.96 Å². The highest BCUT2D eigenvalue weighted by Crippen LogP contribution is 2.26. The van der Waals surface area contributed by atoms with Crippen LogP contribution in [0, 0.1) is 5.41 Å². The van der Waals surface area contributed by atoms with Gasteiger partial charge in [0, 0.05) is 12.2 Å². The van der Waals surface area contributed by atoms with Gasteiger partial charge >= 0.3 is 6.03 Å². The highest BCUT2D eigenvalue weighted by molar-refractivity contribution is 6.02. The molecule has 1 aromatic rings. The van der Waals surface area contributed by atoms with Crippen LogP contribution in [0.1, 0.15) is 19.4 Å². The zero-order valence-electron chi connectivity index (χ0n) is 11.5. The molecule has 0 spiro atoms. The first-order valence-corrected chi connectivity index (χ1v) is 6.12. The summed E-state index contributed by atoms with van der Waals surface area (Å²) in [6.45, 7) is 4.36. The molecule has 0 saturated heterocycles. The Morgan fingerprint density at radius 2 is 2.16 bits per heavy atom. The van der Waals surface area contributed by atoms with E-state index in [1.165, 1.54) is 0 Å². The minimum absolute atomic E-state index is 0.366. The van der Waals surface area contributed by atoms with Crippen molar-refractivity contribution in [2.75, 3.05) is 18.6 Å². The van der Waals surface area contributed by atoms with E-state index in [0.29, 0.717) is 6.54 Å². The first-order chi connectivity index (χ1) is 9.03. The normalized spacial score (nSPS) is 9.84. The van der Waals surface area contributed by atoms with E-state index in [9.17, 15) is 4.79 Å². The Labute approximate surface area is 113 Å². The molecule has 1 aromatic carbocycles. The van der Waals surface area contributed by atoms with Crippen LogP contribution in [0.25, 0.3) is 0 Å². The Morgan fingerprint density at radius 1 is 1.47 bits per heavy atom. The number of aryl methyl sites for hydroxylation is 1. The summed E-state index contributed by atoms with van der Waals surface area (Å²) in [6.07, 6.45) is 0.774. The maximum atomic E-state index is 12.0. The molecule has 4 N–H and O–H groups in total. The number of methoxy groups -OCH3 is 1. The number of nitrogens with one attached hydrogen (secondary N) is 2. The molecule has 0 heterocycles. The average Bonchev–Trinajstić information content (AvgIpc) is 2.39. The van der Waals surface area contributed by atoms with Gasteiger partial charge in [0.2, 0.25) is 0 Å². The van der Waals surface area contributed by atoms with Crippen LogP contribution < -0.4 is 20.7 Å². The number of rotatable bonds is 4. The van der Waals surface area contributed by atoms with Crippen molar-refractivity contribution < 1.29 is 9.53 Å². The summed E-state index contributed by atoms with van der Waals surface area (Å²) in [5.74, 6) is 0.388. The quantitative estimate of drug-likeness (QED) is 0.571. The fourth-order valence-corrected chi connectivity index (χ4v) is 1.84. The Morgan fingerprint density at radius 3 is 2.63 bits per heavy atom. The molecule has 0 aliphatic carbocycles. The summed E-state index contributed by atoms with van der Waals surface area (Å²) >= 11 is 0. The molecule has 2 amide bonds. The van der Waals surface area contributed by atoms with E-state index < -0.39 is 6.03 Å². The number of hydrogen-bond donors (Lipinski definition) is 3.